The maximum Gasteiger partial charge on any atom is 0.255 e. The number of carbonyl (C=O) groups is 2. The van der Waals surface area contributed by atoms with E-state index in [0.29, 0.717) is 11.5 Å². The summed E-state index contributed by atoms with van der Waals surface area (Å²) in [5.41, 5.74) is 1.15. The summed E-state index contributed by atoms with van der Waals surface area (Å²) in [6.07, 6.45) is 0. The van der Waals surface area contributed by atoms with Crippen molar-refractivity contribution in [3.8, 4) is 17.2 Å². The summed E-state index contributed by atoms with van der Waals surface area (Å²) < 4.78 is 11.2. The van der Waals surface area contributed by atoms with Gasteiger partial charge in [0.25, 0.3) is 5.91 Å². The summed E-state index contributed by atoms with van der Waals surface area (Å²) in [7, 11) is 1.57. The average molecular weight is 391 g/mol. The molecule has 2 N–H and O–H groups in total. The van der Waals surface area contributed by atoms with Gasteiger partial charge in [0.15, 0.2) is 11.5 Å². The van der Waals surface area contributed by atoms with Gasteiger partial charge in [0.2, 0.25) is 0 Å². The van der Waals surface area contributed by atoms with Crippen LogP contribution in [-0.2, 0) is 6.54 Å². The Morgan fingerprint density at radius 3 is 2.31 bits per heavy atom. The molecule has 0 atom stereocenters. The van der Waals surface area contributed by atoms with E-state index >= 15 is 0 Å². The fourth-order valence-electron chi connectivity index (χ4n) is 2.86. The number of benzene rings is 3. The van der Waals surface area contributed by atoms with Gasteiger partial charge in [0.05, 0.1) is 18.2 Å². The molecule has 0 aromatic heterocycles. The molecular formula is C23H21NO5. The number of amides is 1. The zero-order valence-corrected chi connectivity index (χ0v) is 15.9. The molecule has 6 nitrogen and oxygen atoms in total. The highest BCUT2D eigenvalue weighted by Gasteiger charge is 2.21. The van der Waals surface area contributed by atoms with Crippen molar-refractivity contribution in [2.24, 2.45) is 0 Å². The van der Waals surface area contributed by atoms with E-state index in [1.807, 2.05) is 30.3 Å². The van der Waals surface area contributed by atoms with E-state index in [0.717, 1.165) is 5.56 Å². The molecule has 1 amide bonds. The number of aliphatic hydroxyl groups is 1. The number of Topliss-reactive ketones (excluding diaryl/α,β-unsaturated/α-hetero) is 1. The van der Waals surface area contributed by atoms with E-state index in [9.17, 15) is 14.7 Å². The van der Waals surface area contributed by atoms with Crippen molar-refractivity contribution < 1.29 is 24.2 Å². The van der Waals surface area contributed by atoms with Crippen LogP contribution in [0.5, 0.6) is 17.2 Å². The summed E-state index contributed by atoms with van der Waals surface area (Å²) in [4.78, 5) is 25.1. The lowest BCUT2D eigenvalue weighted by Gasteiger charge is -2.15. The van der Waals surface area contributed by atoms with Crippen LogP contribution in [0.15, 0.2) is 72.8 Å². The van der Waals surface area contributed by atoms with Gasteiger partial charge >= 0.3 is 0 Å². The molecule has 0 fully saturated rings. The molecule has 29 heavy (non-hydrogen) atoms. The Hall–Kier alpha value is -3.64. The highest BCUT2D eigenvalue weighted by atomic mass is 16.5. The van der Waals surface area contributed by atoms with Gasteiger partial charge in [-0.25, -0.2) is 0 Å². The van der Waals surface area contributed by atoms with Crippen LogP contribution in [0.2, 0.25) is 0 Å². The second-order valence-electron chi connectivity index (χ2n) is 6.17. The first-order chi connectivity index (χ1) is 14.1. The van der Waals surface area contributed by atoms with Gasteiger partial charge < -0.3 is 19.9 Å². The fourth-order valence-corrected chi connectivity index (χ4v) is 2.86. The van der Waals surface area contributed by atoms with E-state index in [1.54, 1.807) is 43.5 Å². The molecular weight excluding hydrogens is 370 g/mol. The van der Waals surface area contributed by atoms with Gasteiger partial charge in [0, 0.05) is 12.1 Å². The lowest BCUT2D eigenvalue weighted by atomic mass is 10.0. The number of ketones is 1. The first kappa shape index (κ1) is 20.1. The Balaban J connectivity index is 1.90. The second-order valence-corrected chi connectivity index (χ2v) is 6.17. The Morgan fingerprint density at radius 1 is 0.897 bits per heavy atom. The van der Waals surface area contributed by atoms with Crippen molar-refractivity contribution in [1.29, 1.82) is 0 Å². The van der Waals surface area contributed by atoms with Crippen LogP contribution in [0.3, 0.4) is 0 Å². The summed E-state index contributed by atoms with van der Waals surface area (Å²) in [5.74, 6) is 0.308. The van der Waals surface area contributed by atoms with Crippen molar-refractivity contribution in [1.82, 2.24) is 5.32 Å². The zero-order chi connectivity index (χ0) is 20.6. The first-order valence-corrected chi connectivity index (χ1v) is 9.04. The maximum atomic E-state index is 12.9. The third kappa shape index (κ3) is 4.80. The Morgan fingerprint density at radius 2 is 1.59 bits per heavy atom. The molecule has 0 saturated heterocycles. The molecule has 0 aliphatic carbocycles. The van der Waals surface area contributed by atoms with Crippen LogP contribution in [0, 0.1) is 0 Å². The Kier molecular flexibility index (Phi) is 6.60. The van der Waals surface area contributed by atoms with Crippen LogP contribution in [0.4, 0.5) is 0 Å². The van der Waals surface area contributed by atoms with Gasteiger partial charge in [-0.15, -0.1) is 0 Å². The van der Waals surface area contributed by atoms with E-state index in [1.165, 1.54) is 6.07 Å². The van der Waals surface area contributed by atoms with E-state index in [4.69, 9.17) is 9.47 Å². The van der Waals surface area contributed by atoms with Crippen LogP contribution in [0.25, 0.3) is 0 Å². The Bertz CT molecular complexity index is 1000. The number of nitrogens with one attached hydrogen (secondary N) is 1. The lowest BCUT2D eigenvalue weighted by Crippen LogP contribution is -2.24. The van der Waals surface area contributed by atoms with Crippen LogP contribution in [-0.4, -0.2) is 30.5 Å². The molecule has 6 heteroatoms. The summed E-state index contributed by atoms with van der Waals surface area (Å²) in [5, 5.41) is 12.1. The quantitative estimate of drug-likeness (QED) is 0.573. The molecule has 0 unspecified atom stereocenters. The number of carbonyl (C=O) groups excluding carboxylic acids is 2. The third-order valence-electron chi connectivity index (χ3n) is 4.30. The summed E-state index contributed by atoms with van der Waals surface area (Å²) in [6.45, 7) is -0.441. The monoisotopic (exact) mass is 391 g/mol. The normalized spacial score (nSPS) is 10.3. The molecule has 3 aromatic carbocycles. The van der Waals surface area contributed by atoms with Crippen molar-refractivity contribution in [2.45, 2.75) is 6.54 Å². The minimum atomic E-state index is -0.683. The summed E-state index contributed by atoms with van der Waals surface area (Å²) in [6, 6.07) is 20.9. The van der Waals surface area contributed by atoms with E-state index in [-0.39, 0.29) is 23.4 Å². The number of aliphatic hydroxyl groups excluding tert-OH is 1. The SMILES string of the molecule is COc1ccccc1CNC(=O)c1cccc(C(=O)CO)c1Oc1ccccc1. The van der Waals surface area contributed by atoms with Crippen LogP contribution in [0.1, 0.15) is 26.3 Å². The standard InChI is InChI=1S/C23H21NO5/c1-28-21-13-6-5-8-16(21)14-24-23(27)19-12-7-11-18(20(26)15-25)22(19)29-17-9-3-2-4-10-17/h2-13,25H,14-15H2,1H3,(H,24,27). The third-order valence-corrected chi connectivity index (χ3v) is 4.30. The smallest absolute Gasteiger partial charge is 0.255 e. The number of hydrogen-bond donors (Lipinski definition) is 2. The predicted octanol–water partition coefficient (Wildman–Crippen LogP) is 3.59. The Labute approximate surface area is 168 Å². The van der Waals surface area contributed by atoms with E-state index < -0.39 is 18.3 Å². The highest BCUT2D eigenvalue weighted by molar-refractivity contribution is 6.05. The lowest BCUT2D eigenvalue weighted by molar-refractivity contribution is 0.0901. The topological polar surface area (TPSA) is 84.9 Å². The zero-order valence-electron chi connectivity index (χ0n) is 15.9. The van der Waals surface area contributed by atoms with Crippen molar-refractivity contribution in [3.05, 3.63) is 89.5 Å². The molecule has 0 bridgehead atoms. The maximum absolute atomic E-state index is 12.9. The van der Waals surface area contributed by atoms with Crippen LogP contribution < -0.4 is 14.8 Å². The van der Waals surface area contributed by atoms with Gasteiger partial charge in [-0.2, -0.15) is 0 Å². The first-order valence-electron chi connectivity index (χ1n) is 9.04. The van der Waals surface area contributed by atoms with Gasteiger partial charge in [-0.3, -0.25) is 9.59 Å². The molecule has 0 aliphatic rings. The molecule has 0 saturated carbocycles. The van der Waals surface area contributed by atoms with Crippen LogP contribution >= 0.6 is 0 Å². The molecule has 148 valence electrons. The van der Waals surface area contributed by atoms with Crippen molar-refractivity contribution in [3.63, 3.8) is 0 Å². The predicted molar refractivity (Wildman–Crippen MR) is 109 cm³/mol. The average Bonchev–Trinajstić information content (AvgIpc) is 2.78. The molecule has 3 rings (SSSR count). The number of methoxy groups -OCH3 is 1. The van der Waals surface area contributed by atoms with Crippen molar-refractivity contribution >= 4 is 11.7 Å². The van der Waals surface area contributed by atoms with Gasteiger partial charge in [-0.05, 0) is 30.3 Å². The summed E-state index contributed by atoms with van der Waals surface area (Å²) >= 11 is 0. The second kappa shape index (κ2) is 9.52. The van der Waals surface area contributed by atoms with E-state index in [2.05, 4.69) is 5.32 Å². The fraction of sp³-hybridized carbons (Fsp3) is 0.130. The molecule has 0 spiro atoms. The number of ether oxygens (including phenoxy) is 2. The molecule has 0 radical (unpaired) electrons. The van der Waals surface area contributed by atoms with Crippen molar-refractivity contribution in [2.75, 3.05) is 13.7 Å². The van der Waals surface area contributed by atoms with Gasteiger partial charge in [-0.1, -0.05) is 42.5 Å². The minimum Gasteiger partial charge on any atom is -0.496 e. The molecule has 3 aromatic rings. The highest BCUT2D eigenvalue weighted by Crippen LogP contribution is 2.30. The largest absolute Gasteiger partial charge is 0.496 e. The molecule has 0 aliphatic heterocycles. The number of rotatable bonds is 8. The molecule has 0 heterocycles. The number of hydrogen-bond acceptors (Lipinski definition) is 5. The minimum absolute atomic E-state index is 0.107. The van der Waals surface area contributed by atoms with Gasteiger partial charge in [0.1, 0.15) is 18.1 Å². The number of para-hydroxylation sites is 3.